The molecule has 1 aromatic rings. The van der Waals surface area contributed by atoms with Crippen LogP contribution in [-0.2, 0) is 11.3 Å². The molecule has 0 N–H and O–H groups in total. The molecular weight excluding hydrogens is 326 g/mol. The van der Waals surface area contributed by atoms with E-state index >= 15 is 0 Å². The Kier molecular flexibility index (Phi) is 9.70. The van der Waals surface area contributed by atoms with Crippen LogP contribution in [-0.4, -0.2) is 31.3 Å². The molecule has 1 aliphatic heterocycles. The first-order chi connectivity index (χ1) is 12.8. The monoisotopic (exact) mass is 359 g/mol. The third-order valence-corrected chi connectivity index (χ3v) is 4.76. The lowest BCUT2D eigenvalue weighted by molar-refractivity contribution is 0.0985. The van der Waals surface area contributed by atoms with Gasteiger partial charge in [0.1, 0.15) is 5.75 Å². The van der Waals surface area contributed by atoms with Crippen molar-refractivity contribution in [3.63, 3.8) is 0 Å². The number of hydrogen-bond donors (Lipinski definition) is 0. The lowest BCUT2D eigenvalue weighted by Crippen LogP contribution is -2.32. The van der Waals surface area contributed by atoms with Gasteiger partial charge >= 0.3 is 6.09 Å². The minimum atomic E-state index is -0.207. The van der Waals surface area contributed by atoms with E-state index in [2.05, 4.69) is 12.2 Å². The fourth-order valence-electron chi connectivity index (χ4n) is 3.15. The van der Waals surface area contributed by atoms with E-state index < -0.39 is 0 Å². The van der Waals surface area contributed by atoms with Gasteiger partial charge in [-0.2, -0.15) is 0 Å². The molecule has 0 aliphatic carbocycles. The van der Waals surface area contributed by atoms with Crippen LogP contribution in [0.2, 0.25) is 0 Å². The third kappa shape index (κ3) is 7.94. The van der Waals surface area contributed by atoms with Crippen molar-refractivity contribution in [2.75, 3.05) is 20.3 Å². The largest absolute Gasteiger partial charge is 0.497 e. The SMILES string of the molecule is COc1ccc(CN2CC/C=C/CCCCCCCCCOC2=O)cc1. The second kappa shape index (κ2) is 12.4. The second-order valence-corrected chi connectivity index (χ2v) is 6.91. The Bertz CT molecular complexity index is 539. The van der Waals surface area contributed by atoms with E-state index in [0.717, 1.165) is 37.0 Å². The van der Waals surface area contributed by atoms with Crippen molar-refractivity contribution >= 4 is 6.09 Å². The summed E-state index contributed by atoms with van der Waals surface area (Å²) in [5.74, 6) is 0.826. The summed E-state index contributed by atoms with van der Waals surface area (Å²) >= 11 is 0. The predicted molar refractivity (Wildman–Crippen MR) is 105 cm³/mol. The summed E-state index contributed by atoms with van der Waals surface area (Å²) < 4.78 is 10.7. The van der Waals surface area contributed by atoms with Crippen molar-refractivity contribution < 1.29 is 14.3 Å². The summed E-state index contributed by atoms with van der Waals surface area (Å²) in [6.45, 7) is 1.77. The standard InChI is InChI=1S/C22H33NO3/c1-25-21-15-13-20(14-16-21)19-23-17-11-9-7-5-3-2-4-6-8-10-12-18-26-22(23)24/h7,9,13-16H,2-6,8,10-12,17-19H2,1H3/b9-7+. The number of carbonyl (C=O) groups excluding carboxylic acids is 1. The summed E-state index contributed by atoms with van der Waals surface area (Å²) in [5, 5.41) is 0. The molecule has 0 atom stereocenters. The second-order valence-electron chi connectivity index (χ2n) is 6.91. The van der Waals surface area contributed by atoms with E-state index in [1.54, 1.807) is 12.0 Å². The highest BCUT2D eigenvalue weighted by molar-refractivity contribution is 5.67. The summed E-state index contributed by atoms with van der Waals surface area (Å²) in [6.07, 6.45) is 14.8. The lowest BCUT2D eigenvalue weighted by Gasteiger charge is -2.22. The van der Waals surface area contributed by atoms with E-state index in [9.17, 15) is 4.79 Å². The number of ether oxygens (including phenoxy) is 2. The van der Waals surface area contributed by atoms with Gasteiger partial charge in [-0.1, -0.05) is 56.4 Å². The van der Waals surface area contributed by atoms with Gasteiger partial charge in [0.25, 0.3) is 0 Å². The number of cyclic esters (lactones) is 1. The molecule has 0 fully saturated rings. The van der Waals surface area contributed by atoms with Crippen LogP contribution in [0.5, 0.6) is 5.75 Å². The smallest absolute Gasteiger partial charge is 0.410 e. The Hall–Kier alpha value is -1.97. The van der Waals surface area contributed by atoms with Crippen LogP contribution in [0.25, 0.3) is 0 Å². The molecule has 0 radical (unpaired) electrons. The number of rotatable bonds is 3. The summed E-state index contributed by atoms with van der Waals surface area (Å²) in [4.78, 5) is 14.3. The van der Waals surface area contributed by atoms with Gasteiger partial charge < -0.3 is 14.4 Å². The fourth-order valence-corrected chi connectivity index (χ4v) is 3.15. The molecule has 4 heteroatoms. The number of methoxy groups -OCH3 is 1. The summed E-state index contributed by atoms with van der Waals surface area (Å²) in [5.41, 5.74) is 1.08. The van der Waals surface area contributed by atoms with Crippen LogP contribution in [0.15, 0.2) is 36.4 Å². The van der Waals surface area contributed by atoms with E-state index in [1.165, 1.54) is 32.1 Å². The fraction of sp³-hybridized carbons (Fsp3) is 0.591. The zero-order valence-electron chi connectivity index (χ0n) is 16.1. The van der Waals surface area contributed by atoms with Crippen molar-refractivity contribution in [3.05, 3.63) is 42.0 Å². The Labute approximate surface area is 158 Å². The molecule has 1 heterocycles. The maximum atomic E-state index is 12.5. The Morgan fingerprint density at radius 3 is 2.31 bits per heavy atom. The molecule has 1 aliphatic rings. The minimum absolute atomic E-state index is 0.207. The van der Waals surface area contributed by atoms with Crippen LogP contribution >= 0.6 is 0 Å². The lowest BCUT2D eigenvalue weighted by atomic mass is 10.1. The minimum Gasteiger partial charge on any atom is -0.497 e. The normalized spacial score (nSPS) is 19.6. The van der Waals surface area contributed by atoms with Gasteiger partial charge in [-0.3, -0.25) is 0 Å². The molecule has 0 saturated heterocycles. The summed E-state index contributed by atoms with van der Waals surface area (Å²) in [6, 6.07) is 7.86. The van der Waals surface area contributed by atoms with Crippen molar-refractivity contribution in [3.8, 4) is 5.75 Å². The van der Waals surface area contributed by atoms with Gasteiger partial charge in [0, 0.05) is 13.1 Å². The average molecular weight is 360 g/mol. The molecule has 0 saturated carbocycles. The Balaban J connectivity index is 1.93. The quantitative estimate of drug-likeness (QED) is 0.648. The van der Waals surface area contributed by atoms with Crippen molar-refractivity contribution in [2.45, 2.75) is 64.3 Å². The maximum Gasteiger partial charge on any atom is 0.410 e. The van der Waals surface area contributed by atoms with Gasteiger partial charge in [-0.25, -0.2) is 4.79 Å². The van der Waals surface area contributed by atoms with Crippen LogP contribution < -0.4 is 4.74 Å². The molecule has 26 heavy (non-hydrogen) atoms. The molecule has 2 rings (SSSR count). The molecular formula is C22H33NO3. The Morgan fingerprint density at radius 2 is 1.58 bits per heavy atom. The van der Waals surface area contributed by atoms with Crippen LogP contribution in [0.1, 0.15) is 63.4 Å². The van der Waals surface area contributed by atoms with Crippen molar-refractivity contribution in [1.29, 1.82) is 0 Å². The third-order valence-electron chi connectivity index (χ3n) is 4.76. The topological polar surface area (TPSA) is 38.8 Å². The molecule has 144 valence electrons. The molecule has 1 amide bonds. The number of allylic oxidation sites excluding steroid dienone is 1. The zero-order valence-corrected chi connectivity index (χ0v) is 16.1. The molecule has 0 unspecified atom stereocenters. The Morgan fingerprint density at radius 1 is 0.923 bits per heavy atom. The molecule has 1 aromatic carbocycles. The molecule has 4 nitrogen and oxygen atoms in total. The van der Waals surface area contributed by atoms with E-state index in [4.69, 9.17) is 9.47 Å². The zero-order chi connectivity index (χ0) is 18.5. The van der Waals surface area contributed by atoms with Crippen LogP contribution in [0.3, 0.4) is 0 Å². The molecule has 0 aromatic heterocycles. The molecule has 0 spiro atoms. The number of benzene rings is 1. The first-order valence-corrected chi connectivity index (χ1v) is 9.99. The van der Waals surface area contributed by atoms with Crippen LogP contribution in [0, 0.1) is 0 Å². The van der Waals surface area contributed by atoms with E-state index in [-0.39, 0.29) is 6.09 Å². The van der Waals surface area contributed by atoms with Crippen molar-refractivity contribution in [2.24, 2.45) is 0 Å². The number of nitrogens with zero attached hydrogens (tertiary/aromatic N) is 1. The predicted octanol–water partition coefficient (Wildman–Crippen LogP) is 5.71. The average Bonchev–Trinajstić information content (AvgIpc) is 2.66. The van der Waals surface area contributed by atoms with Gasteiger partial charge in [0.15, 0.2) is 0 Å². The number of carbonyl (C=O) groups is 1. The highest BCUT2D eigenvalue weighted by Crippen LogP contribution is 2.15. The summed E-state index contributed by atoms with van der Waals surface area (Å²) in [7, 11) is 1.66. The highest BCUT2D eigenvalue weighted by atomic mass is 16.6. The van der Waals surface area contributed by atoms with E-state index in [1.807, 2.05) is 24.3 Å². The highest BCUT2D eigenvalue weighted by Gasteiger charge is 2.15. The van der Waals surface area contributed by atoms with Gasteiger partial charge in [0.05, 0.1) is 13.7 Å². The first-order valence-electron chi connectivity index (χ1n) is 9.99. The van der Waals surface area contributed by atoms with Gasteiger partial charge in [-0.05, 0) is 43.4 Å². The number of amides is 1. The maximum absolute atomic E-state index is 12.5. The van der Waals surface area contributed by atoms with Gasteiger partial charge in [0.2, 0.25) is 0 Å². The number of hydrogen-bond acceptors (Lipinski definition) is 3. The van der Waals surface area contributed by atoms with E-state index in [0.29, 0.717) is 19.7 Å². The van der Waals surface area contributed by atoms with Crippen LogP contribution in [0.4, 0.5) is 4.79 Å². The first kappa shape index (κ1) is 20.3. The van der Waals surface area contributed by atoms with Gasteiger partial charge in [-0.15, -0.1) is 0 Å². The van der Waals surface area contributed by atoms with Crippen molar-refractivity contribution in [1.82, 2.24) is 4.90 Å². The molecule has 0 bridgehead atoms.